The van der Waals surface area contributed by atoms with E-state index in [1.54, 1.807) is 7.11 Å². The van der Waals surface area contributed by atoms with Gasteiger partial charge in [0.1, 0.15) is 5.75 Å². The van der Waals surface area contributed by atoms with E-state index in [2.05, 4.69) is 0 Å². The number of hydrogen-bond donors (Lipinski definition) is 1. The third-order valence-electron chi connectivity index (χ3n) is 3.19. The molecule has 21 heavy (non-hydrogen) atoms. The first-order valence-corrected chi connectivity index (χ1v) is 6.69. The average Bonchev–Trinajstić information content (AvgIpc) is 2.44. The zero-order chi connectivity index (χ0) is 15.4. The van der Waals surface area contributed by atoms with E-state index in [4.69, 9.17) is 4.74 Å². The molecule has 0 bridgehead atoms. The van der Waals surface area contributed by atoms with E-state index >= 15 is 0 Å². The quantitative estimate of drug-likeness (QED) is 0.909. The third-order valence-corrected chi connectivity index (χ3v) is 3.19. The minimum absolute atomic E-state index is 0.231. The summed E-state index contributed by atoms with van der Waals surface area (Å²) in [6.45, 7) is 1.21. The number of aromatic hydroxyl groups is 1. The van der Waals surface area contributed by atoms with Crippen LogP contribution >= 0.6 is 0 Å². The number of pyridine rings is 1. The van der Waals surface area contributed by atoms with Crippen molar-refractivity contribution in [1.82, 2.24) is 9.47 Å². The van der Waals surface area contributed by atoms with Crippen LogP contribution in [0.1, 0.15) is 11.3 Å². The highest BCUT2D eigenvalue weighted by Gasteiger charge is 2.07. The largest absolute Gasteiger partial charge is 0.503 e. The highest BCUT2D eigenvalue weighted by Crippen LogP contribution is 2.14. The number of hydrogen-bond acceptors (Lipinski definition) is 4. The molecule has 2 aromatic rings. The van der Waals surface area contributed by atoms with Crippen molar-refractivity contribution in [2.75, 3.05) is 21.2 Å². The first-order chi connectivity index (χ1) is 9.99. The summed E-state index contributed by atoms with van der Waals surface area (Å²) >= 11 is 0. The van der Waals surface area contributed by atoms with Crippen molar-refractivity contribution < 1.29 is 9.84 Å². The molecule has 1 N–H and O–H groups in total. The third kappa shape index (κ3) is 3.86. The maximum absolute atomic E-state index is 11.6. The Hall–Kier alpha value is -2.27. The number of methoxy groups -OCH3 is 1. The molecule has 0 radical (unpaired) electrons. The molecule has 5 heteroatoms. The van der Waals surface area contributed by atoms with Gasteiger partial charge in [0, 0.05) is 24.8 Å². The second kappa shape index (κ2) is 6.45. The van der Waals surface area contributed by atoms with Gasteiger partial charge in [-0.2, -0.15) is 0 Å². The fraction of sp³-hybridized carbons (Fsp3) is 0.312. The van der Waals surface area contributed by atoms with Crippen molar-refractivity contribution in [2.24, 2.45) is 0 Å². The van der Waals surface area contributed by atoms with Crippen LogP contribution in [0.25, 0.3) is 0 Å². The van der Waals surface area contributed by atoms with E-state index in [0.717, 1.165) is 17.0 Å². The van der Waals surface area contributed by atoms with Gasteiger partial charge in [0.2, 0.25) is 5.43 Å². The predicted octanol–water partition coefficient (Wildman–Crippen LogP) is 1.67. The van der Waals surface area contributed by atoms with E-state index in [-0.39, 0.29) is 11.2 Å². The molecule has 0 saturated carbocycles. The standard InChI is InChI=1S/C16H20N2O3/c1-17(2)10-13-8-15(19)16(20)11-18(13)9-12-4-6-14(21-3)7-5-12/h4-8,11,20H,9-10H2,1-3H3. The summed E-state index contributed by atoms with van der Waals surface area (Å²) in [5.74, 6) is 0.570. The highest BCUT2D eigenvalue weighted by atomic mass is 16.5. The average molecular weight is 288 g/mol. The predicted molar refractivity (Wildman–Crippen MR) is 81.9 cm³/mol. The van der Waals surface area contributed by atoms with Gasteiger partial charge in [0.15, 0.2) is 5.75 Å². The number of aromatic nitrogens is 1. The lowest BCUT2D eigenvalue weighted by atomic mass is 10.2. The lowest BCUT2D eigenvalue weighted by molar-refractivity contribution is 0.384. The summed E-state index contributed by atoms with van der Waals surface area (Å²) in [6, 6.07) is 9.20. The summed E-state index contributed by atoms with van der Waals surface area (Å²) in [7, 11) is 5.51. The zero-order valence-corrected chi connectivity index (χ0v) is 12.5. The fourth-order valence-electron chi connectivity index (χ4n) is 2.14. The zero-order valence-electron chi connectivity index (χ0n) is 12.5. The normalized spacial score (nSPS) is 10.9. The molecule has 1 aromatic heterocycles. The Morgan fingerprint density at radius 3 is 2.48 bits per heavy atom. The van der Waals surface area contributed by atoms with Crippen LogP contribution in [0.4, 0.5) is 0 Å². The van der Waals surface area contributed by atoms with Gasteiger partial charge in [0.05, 0.1) is 13.3 Å². The molecular formula is C16H20N2O3. The highest BCUT2D eigenvalue weighted by molar-refractivity contribution is 5.28. The SMILES string of the molecule is COc1ccc(Cn2cc(O)c(=O)cc2CN(C)C)cc1. The number of ether oxygens (including phenoxy) is 1. The van der Waals surface area contributed by atoms with E-state index in [1.807, 2.05) is 47.8 Å². The van der Waals surface area contributed by atoms with Crippen LogP contribution in [0.2, 0.25) is 0 Å². The monoisotopic (exact) mass is 288 g/mol. The fourth-order valence-corrected chi connectivity index (χ4v) is 2.14. The number of nitrogens with zero attached hydrogens (tertiary/aromatic N) is 2. The van der Waals surface area contributed by atoms with Crippen LogP contribution in [0, 0.1) is 0 Å². The summed E-state index contributed by atoms with van der Waals surface area (Å²) in [4.78, 5) is 13.6. The summed E-state index contributed by atoms with van der Waals surface area (Å²) in [6.07, 6.45) is 1.49. The molecular weight excluding hydrogens is 268 g/mol. The van der Waals surface area contributed by atoms with Crippen molar-refractivity contribution >= 4 is 0 Å². The van der Waals surface area contributed by atoms with Crippen molar-refractivity contribution in [1.29, 1.82) is 0 Å². The Morgan fingerprint density at radius 2 is 1.90 bits per heavy atom. The smallest absolute Gasteiger partial charge is 0.223 e. The van der Waals surface area contributed by atoms with Crippen LogP contribution < -0.4 is 10.2 Å². The van der Waals surface area contributed by atoms with Crippen molar-refractivity contribution in [3.05, 3.63) is 58.0 Å². The lowest BCUT2D eigenvalue weighted by Crippen LogP contribution is -2.19. The molecule has 0 fully saturated rings. The van der Waals surface area contributed by atoms with Gasteiger partial charge in [-0.3, -0.25) is 4.79 Å². The van der Waals surface area contributed by atoms with Crippen LogP contribution in [0.15, 0.2) is 41.3 Å². The van der Waals surface area contributed by atoms with Gasteiger partial charge in [-0.05, 0) is 31.8 Å². The van der Waals surface area contributed by atoms with Gasteiger partial charge in [-0.25, -0.2) is 0 Å². The van der Waals surface area contributed by atoms with Crippen molar-refractivity contribution in [3.63, 3.8) is 0 Å². The van der Waals surface area contributed by atoms with E-state index in [1.165, 1.54) is 12.3 Å². The molecule has 1 heterocycles. The second-order valence-electron chi connectivity index (χ2n) is 5.23. The van der Waals surface area contributed by atoms with Crippen LogP contribution in [0.5, 0.6) is 11.5 Å². The van der Waals surface area contributed by atoms with Crippen LogP contribution in [-0.4, -0.2) is 35.8 Å². The maximum atomic E-state index is 11.6. The molecule has 0 amide bonds. The van der Waals surface area contributed by atoms with Crippen LogP contribution in [-0.2, 0) is 13.1 Å². The second-order valence-corrected chi connectivity index (χ2v) is 5.23. The molecule has 0 spiro atoms. The first kappa shape index (κ1) is 15.1. The Labute approximate surface area is 124 Å². The minimum atomic E-state index is -0.349. The number of rotatable bonds is 5. The van der Waals surface area contributed by atoms with Crippen LogP contribution in [0.3, 0.4) is 0 Å². The van der Waals surface area contributed by atoms with E-state index < -0.39 is 0 Å². The van der Waals surface area contributed by atoms with E-state index in [0.29, 0.717) is 13.1 Å². The summed E-state index contributed by atoms with van der Waals surface area (Å²) in [5, 5.41) is 9.65. The van der Waals surface area contributed by atoms with Crippen molar-refractivity contribution in [3.8, 4) is 11.5 Å². The molecule has 1 aromatic carbocycles. The lowest BCUT2D eigenvalue weighted by Gasteiger charge is -2.17. The Kier molecular flexibility index (Phi) is 4.65. The van der Waals surface area contributed by atoms with Gasteiger partial charge in [-0.1, -0.05) is 12.1 Å². The molecule has 2 rings (SSSR count). The molecule has 0 atom stereocenters. The van der Waals surface area contributed by atoms with Crippen molar-refractivity contribution in [2.45, 2.75) is 13.1 Å². The topological polar surface area (TPSA) is 54.7 Å². The van der Waals surface area contributed by atoms with Gasteiger partial charge in [0.25, 0.3) is 0 Å². The minimum Gasteiger partial charge on any atom is -0.503 e. The molecule has 0 saturated heterocycles. The Morgan fingerprint density at radius 1 is 1.24 bits per heavy atom. The molecule has 112 valence electrons. The van der Waals surface area contributed by atoms with Gasteiger partial charge >= 0.3 is 0 Å². The molecule has 0 aliphatic rings. The Balaban J connectivity index is 2.32. The van der Waals surface area contributed by atoms with Gasteiger partial charge in [-0.15, -0.1) is 0 Å². The maximum Gasteiger partial charge on any atom is 0.223 e. The molecule has 0 aliphatic heterocycles. The van der Waals surface area contributed by atoms with E-state index in [9.17, 15) is 9.90 Å². The molecule has 5 nitrogen and oxygen atoms in total. The Bertz CT molecular complexity index is 660. The van der Waals surface area contributed by atoms with Gasteiger partial charge < -0.3 is 19.3 Å². The number of benzene rings is 1. The first-order valence-electron chi connectivity index (χ1n) is 6.69. The molecule has 0 aliphatic carbocycles. The summed E-state index contributed by atoms with van der Waals surface area (Å²) < 4.78 is 7.02. The summed E-state index contributed by atoms with van der Waals surface area (Å²) in [5.41, 5.74) is 1.58. The molecule has 0 unspecified atom stereocenters.